The molecular formula is C29H39N3O3. The SMILES string of the molecule is Cc1ccc(C2c3cc(OC(C)C(=O)NCCN(C)C)ccc3CCN2C(=O)C2CCCC2)cc1. The molecule has 2 amide bonds. The van der Waals surface area contributed by atoms with Crippen molar-refractivity contribution in [1.82, 2.24) is 15.1 Å². The zero-order chi connectivity index (χ0) is 24.9. The molecule has 1 saturated carbocycles. The van der Waals surface area contributed by atoms with Crippen LogP contribution in [0, 0.1) is 12.8 Å². The van der Waals surface area contributed by atoms with E-state index in [1.54, 1.807) is 6.92 Å². The van der Waals surface area contributed by atoms with Gasteiger partial charge in [0.2, 0.25) is 5.91 Å². The number of hydrogen-bond donors (Lipinski definition) is 1. The fourth-order valence-corrected chi connectivity index (χ4v) is 5.22. The predicted molar refractivity (Wildman–Crippen MR) is 138 cm³/mol. The molecule has 1 heterocycles. The lowest BCUT2D eigenvalue weighted by atomic mass is 9.86. The normalized spacial score (nSPS) is 18.9. The summed E-state index contributed by atoms with van der Waals surface area (Å²) in [5.41, 5.74) is 4.66. The number of nitrogens with zero attached hydrogens (tertiary/aromatic N) is 2. The highest BCUT2D eigenvalue weighted by molar-refractivity contribution is 5.81. The number of hydrogen-bond acceptors (Lipinski definition) is 4. The molecule has 2 aliphatic rings. The number of aryl methyl sites for hydroxylation is 1. The third-order valence-corrected chi connectivity index (χ3v) is 7.27. The average molecular weight is 478 g/mol. The van der Waals surface area contributed by atoms with Gasteiger partial charge in [-0.1, -0.05) is 48.7 Å². The van der Waals surface area contributed by atoms with Crippen LogP contribution in [0.5, 0.6) is 5.75 Å². The summed E-state index contributed by atoms with van der Waals surface area (Å²) in [5, 5.41) is 2.93. The summed E-state index contributed by atoms with van der Waals surface area (Å²) in [7, 11) is 3.95. The van der Waals surface area contributed by atoms with Crippen LogP contribution >= 0.6 is 0 Å². The molecule has 2 aromatic carbocycles. The zero-order valence-electron chi connectivity index (χ0n) is 21.5. The number of carbonyl (C=O) groups is 2. The van der Waals surface area contributed by atoms with Gasteiger partial charge in [-0.15, -0.1) is 0 Å². The van der Waals surface area contributed by atoms with Crippen molar-refractivity contribution in [2.75, 3.05) is 33.7 Å². The Labute approximate surface area is 209 Å². The first-order valence-electron chi connectivity index (χ1n) is 12.9. The highest BCUT2D eigenvalue weighted by Gasteiger charge is 2.36. The van der Waals surface area contributed by atoms with Crippen LogP contribution in [0.25, 0.3) is 0 Å². The van der Waals surface area contributed by atoms with Crippen LogP contribution in [0.4, 0.5) is 0 Å². The Bertz CT molecular complexity index is 1030. The Morgan fingerprint density at radius 1 is 1.11 bits per heavy atom. The van der Waals surface area contributed by atoms with E-state index in [9.17, 15) is 9.59 Å². The molecule has 0 radical (unpaired) electrons. The molecule has 6 nitrogen and oxygen atoms in total. The molecule has 0 aromatic heterocycles. The molecule has 1 aliphatic heterocycles. The molecule has 6 heteroatoms. The number of rotatable bonds is 8. The molecular weight excluding hydrogens is 438 g/mol. The highest BCUT2D eigenvalue weighted by atomic mass is 16.5. The standard InChI is InChI=1S/C29H39N3O3/c1-20-9-11-23(12-10-20)27-26-19-25(35-21(2)28(33)30-16-18-31(3)4)14-13-22(26)15-17-32(27)29(34)24-7-5-6-8-24/h9-14,19,21,24,27H,5-8,15-18H2,1-4H3,(H,30,33). The first kappa shape index (κ1) is 25.2. The van der Waals surface area contributed by atoms with Gasteiger partial charge in [-0.25, -0.2) is 0 Å². The smallest absolute Gasteiger partial charge is 0.260 e. The number of amides is 2. The van der Waals surface area contributed by atoms with Crippen LogP contribution in [-0.2, 0) is 16.0 Å². The zero-order valence-corrected chi connectivity index (χ0v) is 21.5. The largest absolute Gasteiger partial charge is 0.481 e. The van der Waals surface area contributed by atoms with Crippen molar-refractivity contribution < 1.29 is 14.3 Å². The third-order valence-electron chi connectivity index (χ3n) is 7.27. The lowest BCUT2D eigenvalue weighted by Gasteiger charge is -2.39. The molecule has 2 unspecified atom stereocenters. The summed E-state index contributed by atoms with van der Waals surface area (Å²) >= 11 is 0. The Kier molecular flexibility index (Phi) is 8.11. The van der Waals surface area contributed by atoms with Crippen molar-refractivity contribution >= 4 is 11.8 Å². The Hall–Kier alpha value is -2.86. The van der Waals surface area contributed by atoms with Crippen LogP contribution in [0.3, 0.4) is 0 Å². The van der Waals surface area contributed by atoms with Crippen LogP contribution < -0.4 is 10.1 Å². The topological polar surface area (TPSA) is 61.9 Å². The van der Waals surface area contributed by atoms with Gasteiger partial charge < -0.3 is 19.9 Å². The molecule has 1 aliphatic carbocycles. The Balaban J connectivity index is 1.59. The maximum Gasteiger partial charge on any atom is 0.260 e. The number of likely N-dealkylation sites (N-methyl/N-ethyl adjacent to an activating group) is 1. The minimum absolute atomic E-state index is 0.127. The molecule has 0 saturated heterocycles. The van der Waals surface area contributed by atoms with E-state index < -0.39 is 6.10 Å². The van der Waals surface area contributed by atoms with Crippen LogP contribution in [0.15, 0.2) is 42.5 Å². The van der Waals surface area contributed by atoms with Gasteiger partial charge >= 0.3 is 0 Å². The highest BCUT2D eigenvalue weighted by Crippen LogP contribution is 2.39. The van der Waals surface area contributed by atoms with Gasteiger partial charge in [-0.3, -0.25) is 9.59 Å². The minimum Gasteiger partial charge on any atom is -0.481 e. The van der Waals surface area contributed by atoms with E-state index in [2.05, 4.69) is 47.5 Å². The molecule has 35 heavy (non-hydrogen) atoms. The monoisotopic (exact) mass is 477 g/mol. The Morgan fingerprint density at radius 3 is 2.51 bits per heavy atom. The molecule has 2 aromatic rings. The molecule has 1 N–H and O–H groups in total. The van der Waals surface area contributed by atoms with Gasteiger partial charge in [0.25, 0.3) is 5.91 Å². The van der Waals surface area contributed by atoms with E-state index in [4.69, 9.17) is 4.74 Å². The van der Waals surface area contributed by atoms with Crippen LogP contribution in [0.2, 0.25) is 0 Å². The molecule has 0 spiro atoms. The second-order valence-corrected chi connectivity index (χ2v) is 10.3. The number of carbonyl (C=O) groups excluding carboxylic acids is 2. The van der Waals surface area contributed by atoms with Gasteiger partial charge in [-0.2, -0.15) is 0 Å². The summed E-state index contributed by atoms with van der Waals surface area (Å²) < 4.78 is 6.07. The van der Waals surface area contributed by atoms with E-state index in [-0.39, 0.29) is 23.8 Å². The number of benzene rings is 2. The van der Waals surface area contributed by atoms with Gasteiger partial charge in [0, 0.05) is 25.6 Å². The summed E-state index contributed by atoms with van der Waals surface area (Å²) in [6, 6.07) is 14.4. The minimum atomic E-state index is -0.604. The molecule has 2 atom stereocenters. The lowest BCUT2D eigenvalue weighted by Crippen LogP contribution is -2.43. The summed E-state index contributed by atoms with van der Waals surface area (Å²) in [6.45, 7) is 5.94. The average Bonchev–Trinajstić information content (AvgIpc) is 3.38. The summed E-state index contributed by atoms with van der Waals surface area (Å²) in [5.74, 6) is 0.942. The fraction of sp³-hybridized carbons (Fsp3) is 0.517. The van der Waals surface area contributed by atoms with E-state index >= 15 is 0 Å². The molecule has 1 fully saturated rings. The number of ether oxygens (including phenoxy) is 1. The molecule has 188 valence electrons. The maximum absolute atomic E-state index is 13.6. The third kappa shape index (κ3) is 6.04. The lowest BCUT2D eigenvalue weighted by molar-refractivity contribution is -0.137. The second kappa shape index (κ2) is 11.3. The molecule has 4 rings (SSSR count). The van der Waals surface area contributed by atoms with Crippen LogP contribution in [0.1, 0.15) is 60.9 Å². The predicted octanol–water partition coefficient (Wildman–Crippen LogP) is 4.10. The first-order chi connectivity index (χ1) is 16.8. The van der Waals surface area contributed by atoms with E-state index in [1.165, 1.54) is 11.1 Å². The number of fused-ring (bicyclic) bond motifs is 1. The molecule has 0 bridgehead atoms. The van der Waals surface area contributed by atoms with Crippen molar-refractivity contribution in [2.45, 2.75) is 58.1 Å². The van der Waals surface area contributed by atoms with Gasteiger partial charge in [0.05, 0.1) is 6.04 Å². The van der Waals surface area contributed by atoms with E-state index in [1.807, 2.05) is 31.1 Å². The number of nitrogens with one attached hydrogen (secondary N) is 1. The van der Waals surface area contributed by atoms with Crippen molar-refractivity contribution in [3.05, 3.63) is 64.7 Å². The van der Waals surface area contributed by atoms with Crippen molar-refractivity contribution in [2.24, 2.45) is 5.92 Å². The van der Waals surface area contributed by atoms with Gasteiger partial charge in [0.15, 0.2) is 6.10 Å². The van der Waals surface area contributed by atoms with Crippen molar-refractivity contribution in [1.29, 1.82) is 0 Å². The van der Waals surface area contributed by atoms with Crippen LogP contribution in [-0.4, -0.2) is 61.4 Å². The van der Waals surface area contributed by atoms with E-state index in [0.717, 1.165) is 56.3 Å². The Morgan fingerprint density at radius 2 is 1.83 bits per heavy atom. The maximum atomic E-state index is 13.6. The van der Waals surface area contributed by atoms with E-state index in [0.29, 0.717) is 12.3 Å². The van der Waals surface area contributed by atoms with Crippen molar-refractivity contribution in [3.63, 3.8) is 0 Å². The summed E-state index contributed by atoms with van der Waals surface area (Å²) in [6.07, 6.45) is 4.49. The van der Waals surface area contributed by atoms with Gasteiger partial charge in [0.1, 0.15) is 5.75 Å². The first-order valence-corrected chi connectivity index (χ1v) is 12.9. The fourth-order valence-electron chi connectivity index (χ4n) is 5.22. The summed E-state index contributed by atoms with van der Waals surface area (Å²) in [4.78, 5) is 30.2. The second-order valence-electron chi connectivity index (χ2n) is 10.3. The quantitative estimate of drug-likeness (QED) is 0.622. The van der Waals surface area contributed by atoms with Gasteiger partial charge in [-0.05, 0) is 76.0 Å². The van der Waals surface area contributed by atoms with Crippen molar-refractivity contribution in [3.8, 4) is 5.75 Å².